The van der Waals surface area contributed by atoms with Crippen LogP contribution < -0.4 is 4.74 Å². The highest BCUT2D eigenvalue weighted by atomic mass is 79.9. The molecule has 1 aliphatic heterocycles. The van der Waals surface area contributed by atoms with Gasteiger partial charge in [0.05, 0.1) is 4.47 Å². The minimum atomic E-state index is -0.720. The van der Waals surface area contributed by atoms with Crippen LogP contribution in [-0.4, -0.2) is 11.2 Å². The van der Waals surface area contributed by atoms with Gasteiger partial charge in [-0.25, -0.2) is 4.39 Å². The van der Waals surface area contributed by atoms with Crippen molar-refractivity contribution < 1.29 is 14.2 Å². The van der Waals surface area contributed by atoms with Crippen molar-refractivity contribution in [1.29, 1.82) is 0 Å². The van der Waals surface area contributed by atoms with Crippen LogP contribution >= 0.6 is 15.9 Å². The summed E-state index contributed by atoms with van der Waals surface area (Å²) in [5, 5.41) is 9.78. The summed E-state index contributed by atoms with van der Waals surface area (Å²) < 4.78 is 19.1. The number of halogens is 2. The Morgan fingerprint density at radius 1 is 1.57 bits per heavy atom. The molecular formula is C10H10BrFO2. The normalized spacial score (nSPS) is 24.6. The second-order valence-electron chi connectivity index (χ2n) is 3.32. The van der Waals surface area contributed by atoms with E-state index in [1.54, 1.807) is 0 Å². The fraction of sp³-hybridized carbons (Fsp3) is 0.400. The fourth-order valence-electron chi connectivity index (χ4n) is 1.65. The third-order valence-electron chi connectivity index (χ3n) is 2.38. The lowest BCUT2D eigenvalue weighted by molar-refractivity contribution is 0.0650. The van der Waals surface area contributed by atoms with E-state index in [1.165, 1.54) is 12.1 Å². The lowest BCUT2D eigenvalue weighted by Gasteiger charge is -2.10. The topological polar surface area (TPSA) is 29.5 Å². The molecule has 76 valence electrons. The first-order chi connectivity index (χ1) is 6.63. The number of hydrogen-bond acceptors (Lipinski definition) is 2. The van der Waals surface area contributed by atoms with Crippen LogP contribution in [0.3, 0.4) is 0 Å². The van der Waals surface area contributed by atoms with E-state index in [-0.39, 0.29) is 11.9 Å². The Hall–Kier alpha value is -0.610. The summed E-state index contributed by atoms with van der Waals surface area (Å²) in [5.74, 6) is 0.195. The molecule has 0 saturated carbocycles. The van der Waals surface area contributed by atoms with Gasteiger partial charge in [0.2, 0.25) is 0 Å². The maximum atomic E-state index is 13.0. The number of fused-ring (bicyclic) bond motifs is 1. The Balaban J connectivity index is 2.48. The first-order valence-corrected chi connectivity index (χ1v) is 5.26. The van der Waals surface area contributed by atoms with E-state index in [2.05, 4.69) is 15.9 Å². The van der Waals surface area contributed by atoms with Crippen molar-refractivity contribution in [2.45, 2.75) is 25.6 Å². The number of hydrogen-bond donors (Lipinski definition) is 1. The van der Waals surface area contributed by atoms with Crippen molar-refractivity contribution in [2.24, 2.45) is 0 Å². The van der Waals surface area contributed by atoms with Crippen molar-refractivity contribution >= 4 is 15.9 Å². The molecule has 0 spiro atoms. The predicted octanol–water partition coefficient (Wildman–Crippen LogP) is 2.79. The molecule has 0 aliphatic carbocycles. The summed E-state index contributed by atoms with van der Waals surface area (Å²) in [6.45, 7) is 1.92. The summed E-state index contributed by atoms with van der Waals surface area (Å²) in [4.78, 5) is 0. The summed E-state index contributed by atoms with van der Waals surface area (Å²) in [7, 11) is 0. The lowest BCUT2D eigenvalue weighted by atomic mass is 10.1. The molecule has 2 nitrogen and oxygen atoms in total. The van der Waals surface area contributed by atoms with E-state index in [0.29, 0.717) is 22.2 Å². The molecule has 2 atom stereocenters. The van der Waals surface area contributed by atoms with Gasteiger partial charge in [-0.1, -0.05) is 6.92 Å². The van der Waals surface area contributed by atoms with E-state index in [4.69, 9.17) is 4.74 Å². The zero-order valence-corrected chi connectivity index (χ0v) is 9.21. The maximum Gasteiger partial charge on any atom is 0.140 e. The summed E-state index contributed by atoms with van der Waals surface area (Å²) in [5.41, 5.74) is 0.531. The summed E-state index contributed by atoms with van der Waals surface area (Å²) in [6, 6.07) is 2.66. The van der Waals surface area contributed by atoms with E-state index >= 15 is 0 Å². The number of benzene rings is 1. The first-order valence-electron chi connectivity index (χ1n) is 4.47. The number of rotatable bonds is 1. The van der Waals surface area contributed by atoms with Gasteiger partial charge in [0, 0.05) is 5.56 Å². The molecule has 4 heteroatoms. The molecule has 14 heavy (non-hydrogen) atoms. The Bertz CT molecular complexity index is 367. The highest BCUT2D eigenvalue weighted by molar-refractivity contribution is 9.10. The highest BCUT2D eigenvalue weighted by Crippen LogP contribution is 2.42. The largest absolute Gasteiger partial charge is 0.486 e. The highest BCUT2D eigenvalue weighted by Gasteiger charge is 2.33. The Labute approximate surface area is 89.8 Å². The molecule has 0 aromatic heterocycles. The molecule has 2 unspecified atom stereocenters. The molecule has 0 amide bonds. The van der Waals surface area contributed by atoms with Crippen LogP contribution in [0.5, 0.6) is 5.75 Å². The summed E-state index contributed by atoms with van der Waals surface area (Å²) in [6.07, 6.45) is -0.283. The van der Waals surface area contributed by atoms with Crippen molar-refractivity contribution in [2.75, 3.05) is 0 Å². The van der Waals surface area contributed by atoms with E-state index in [0.717, 1.165) is 0 Å². The van der Waals surface area contributed by atoms with Gasteiger partial charge in [0.25, 0.3) is 0 Å². The van der Waals surface area contributed by atoms with Crippen LogP contribution in [0.25, 0.3) is 0 Å². The zero-order chi connectivity index (χ0) is 10.3. The first kappa shape index (κ1) is 9.93. The summed E-state index contributed by atoms with van der Waals surface area (Å²) >= 11 is 3.21. The number of ether oxygens (including phenoxy) is 1. The Morgan fingerprint density at radius 2 is 2.29 bits per heavy atom. The SMILES string of the molecule is CCC1Oc2c(Br)cc(F)cc2C1O. The average molecular weight is 261 g/mol. The van der Waals surface area contributed by atoms with Gasteiger partial charge in [-0.05, 0) is 34.5 Å². The molecule has 0 saturated heterocycles. The number of aliphatic hydroxyl groups excluding tert-OH is 1. The molecule has 0 radical (unpaired) electrons. The standard InChI is InChI=1S/C10H10BrFO2/c1-2-8-9(13)6-3-5(12)4-7(11)10(6)14-8/h3-4,8-9,13H,2H2,1H3. The Kier molecular flexibility index (Phi) is 2.49. The monoisotopic (exact) mass is 260 g/mol. The molecule has 1 aliphatic rings. The van der Waals surface area contributed by atoms with Gasteiger partial charge in [-0.15, -0.1) is 0 Å². The van der Waals surface area contributed by atoms with Gasteiger partial charge in [0.1, 0.15) is 23.8 Å². The minimum absolute atomic E-state index is 0.261. The van der Waals surface area contributed by atoms with Crippen LogP contribution in [0, 0.1) is 5.82 Å². The zero-order valence-electron chi connectivity index (χ0n) is 7.63. The van der Waals surface area contributed by atoms with Crippen LogP contribution in [0.1, 0.15) is 25.0 Å². The minimum Gasteiger partial charge on any atom is -0.486 e. The molecule has 0 fully saturated rings. The van der Waals surface area contributed by atoms with Gasteiger partial charge in [-0.2, -0.15) is 0 Å². The van der Waals surface area contributed by atoms with Gasteiger partial charge in [-0.3, -0.25) is 0 Å². The van der Waals surface area contributed by atoms with Crippen molar-refractivity contribution in [1.82, 2.24) is 0 Å². The van der Waals surface area contributed by atoms with Crippen molar-refractivity contribution in [3.63, 3.8) is 0 Å². The van der Waals surface area contributed by atoms with E-state index in [1.807, 2.05) is 6.92 Å². The molecule has 0 bridgehead atoms. The van der Waals surface area contributed by atoms with Gasteiger partial charge >= 0.3 is 0 Å². The van der Waals surface area contributed by atoms with Crippen molar-refractivity contribution in [3.8, 4) is 5.75 Å². The van der Waals surface area contributed by atoms with E-state index in [9.17, 15) is 9.50 Å². The lowest BCUT2D eigenvalue weighted by Crippen LogP contribution is -2.16. The van der Waals surface area contributed by atoms with Crippen LogP contribution in [0.4, 0.5) is 4.39 Å². The Morgan fingerprint density at radius 3 is 2.93 bits per heavy atom. The van der Waals surface area contributed by atoms with Crippen LogP contribution in [0.15, 0.2) is 16.6 Å². The molecule has 1 aromatic carbocycles. The fourth-order valence-corrected chi connectivity index (χ4v) is 2.19. The second kappa shape index (κ2) is 3.51. The molecule has 1 N–H and O–H groups in total. The van der Waals surface area contributed by atoms with E-state index < -0.39 is 6.10 Å². The molecule has 1 heterocycles. The molecular weight excluding hydrogens is 251 g/mol. The molecule has 1 aromatic rings. The van der Waals surface area contributed by atoms with Crippen LogP contribution in [-0.2, 0) is 0 Å². The smallest absolute Gasteiger partial charge is 0.140 e. The average Bonchev–Trinajstić information content (AvgIpc) is 2.44. The maximum absolute atomic E-state index is 13.0. The third kappa shape index (κ3) is 1.42. The van der Waals surface area contributed by atoms with Crippen LogP contribution in [0.2, 0.25) is 0 Å². The van der Waals surface area contributed by atoms with Gasteiger partial charge in [0.15, 0.2) is 0 Å². The number of aliphatic hydroxyl groups is 1. The quantitative estimate of drug-likeness (QED) is 0.842. The predicted molar refractivity (Wildman–Crippen MR) is 53.8 cm³/mol. The molecule has 2 rings (SSSR count). The second-order valence-corrected chi connectivity index (χ2v) is 4.17. The third-order valence-corrected chi connectivity index (χ3v) is 2.97. The van der Waals surface area contributed by atoms with Gasteiger partial charge < -0.3 is 9.84 Å². The van der Waals surface area contributed by atoms with Crippen molar-refractivity contribution in [3.05, 3.63) is 28.0 Å².